The van der Waals surface area contributed by atoms with E-state index in [1.54, 1.807) is 6.07 Å². The quantitative estimate of drug-likeness (QED) is 0.584. The van der Waals surface area contributed by atoms with Crippen molar-refractivity contribution in [2.24, 2.45) is 0 Å². The molecule has 1 aromatic carbocycles. The predicted molar refractivity (Wildman–Crippen MR) is 69.0 cm³/mol. The molecule has 1 aromatic rings. The molecule has 0 aliphatic rings. The number of nitrogens with two attached hydrogens (primary N) is 1. The van der Waals surface area contributed by atoms with E-state index >= 15 is 0 Å². The van der Waals surface area contributed by atoms with Gasteiger partial charge in [-0.2, -0.15) is 0 Å². The maximum Gasteiger partial charge on any atom is 0.253 e. The molecule has 0 aliphatic heterocycles. The number of nitrogen functional groups attached to an aromatic ring is 1. The Hall–Kier alpha value is -1.55. The third-order valence-electron chi connectivity index (χ3n) is 2.49. The van der Waals surface area contributed by atoms with Crippen LogP contribution in [0, 0.1) is 6.92 Å². The van der Waals surface area contributed by atoms with Crippen molar-refractivity contribution in [3.63, 3.8) is 0 Å². The molecule has 0 atom stereocenters. The average Bonchev–Trinajstić information content (AvgIpc) is 2.28. The first-order valence-electron chi connectivity index (χ1n) is 5.87. The predicted octanol–water partition coefficient (Wildman–Crippen LogP) is 1.73. The van der Waals surface area contributed by atoms with Crippen molar-refractivity contribution >= 4 is 11.6 Å². The summed E-state index contributed by atoms with van der Waals surface area (Å²) in [7, 11) is 0. The summed E-state index contributed by atoms with van der Waals surface area (Å²) >= 11 is 0. The fraction of sp³-hybridized carbons (Fsp3) is 0.462. The maximum absolute atomic E-state index is 11.9. The highest BCUT2D eigenvalue weighted by molar-refractivity contribution is 6.00. The molecule has 0 aromatic heterocycles. The standard InChI is InChI=1S/C13H20N2O2/c1-3-17-9-5-8-15-13(16)12-10(2)6-4-7-11(12)14/h4,6-7H,3,5,8-9,14H2,1-2H3,(H,15,16). The van der Waals surface area contributed by atoms with Crippen LogP contribution < -0.4 is 11.1 Å². The molecule has 4 nitrogen and oxygen atoms in total. The summed E-state index contributed by atoms with van der Waals surface area (Å²) in [5.74, 6) is -0.114. The van der Waals surface area contributed by atoms with Crippen molar-refractivity contribution in [1.82, 2.24) is 5.32 Å². The van der Waals surface area contributed by atoms with E-state index in [-0.39, 0.29) is 5.91 Å². The van der Waals surface area contributed by atoms with E-state index in [0.29, 0.717) is 31.0 Å². The number of anilines is 1. The minimum Gasteiger partial charge on any atom is -0.398 e. The number of hydrogen-bond acceptors (Lipinski definition) is 3. The summed E-state index contributed by atoms with van der Waals surface area (Å²) in [4.78, 5) is 11.9. The van der Waals surface area contributed by atoms with Gasteiger partial charge in [0, 0.05) is 25.4 Å². The van der Waals surface area contributed by atoms with Crippen LogP contribution in [0.25, 0.3) is 0 Å². The van der Waals surface area contributed by atoms with Crippen molar-refractivity contribution in [2.45, 2.75) is 20.3 Å². The minimum atomic E-state index is -0.114. The lowest BCUT2D eigenvalue weighted by Crippen LogP contribution is -2.26. The number of ether oxygens (including phenoxy) is 1. The molecule has 0 spiro atoms. The Balaban J connectivity index is 2.47. The van der Waals surface area contributed by atoms with Crippen LogP contribution in [0.1, 0.15) is 29.3 Å². The minimum absolute atomic E-state index is 0.114. The molecule has 17 heavy (non-hydrogen) atoms. The van der Waals surface area contributed by atoms with E-state index in [0.717, 1.165) is 12.0 Å². The molecule has 0 saturated heterocycles. The number of rotatable bonds is 6. The number of benzene rings is 1. The maximum atomic E-state index is 11.9. The number of hydrogen-bond donors (Lipinski definition) is 2. The van der Waals surface area contributed by atoms with Crippen LogP contribution in [0.5, 0.6) is 0 Å². The molecular weight excluding hydrogens is 216 g/mol. The van der Waals surface area contributed by atoms with Crippen molar-refractivity contribution in [3.8, 4) is 0 Å². The molecule has 0 radical (unpaired) electrons. The van der Waals surface area contributed by atoms with Crippen molar-refractivity contribution in [2.75, 3.05) is 25.5 Å². The van der Waals surface area contributed by atoms with Gasteiger partial charge in [-0.3, -0.25) is 4.79 Å². The first-order valence-corrected chi connectivity index (χ1v) is 5.87. The van der Waals surface area contributed by atoms with Gasteiger partial charge < -0.3 is 15.8 Å². The Morgan fingerprint density at radius 3 is 2.88 bits per heavy atom. The lowest BCUT2D eigenvalue weighted by Gasteiger charge is -2.10. The Labute approximate surface area is 102 Å². The second-order valence-electron chi connectivity index (χ2n) is 3.85. The molecule has 94 valence electrons. The van der Waals surface area contributed by atoms with Crippen molar-refractivity contribution < 1.29 is 9.53 Å². The zero-order valence-corrected chi connectivity index (χ0v) is 10.5. The average molecular weight is 236 g/mol. The van der Waals surface area contributed by atoms with Gasteiger partial charge in [-0.15, -0.1) is 0 Å². The van der Waals surface area contributed by atoms with Crippen LogP contribution in [-0.2, 0) is 4.74 Å². The second kappa shape index (κ2) is 6.91. The lowest BCUT2D eigenvalue weighted by molar-refractivity contribution is 0.0944. The second-order valence-corrected chi connectivity index (χ2v) is 3.85. The molecule has 0 saturated carbocycles. The molecule has 4 heteroatoms. The SMILES string of the molecule is CCOCCCNC(=O)c1c(C)cccc1N. The highest BCUT2D eigenvalue weighted by Gasteiger charge is 2.11. The molecule has 0 heterocycles. The Bertz CT molecular complexity index is 357. The number of aryl methyl sites for hydroxylation is 1. The van der Waals surface area contributed by atoms with Gasteiger partial charge in [0.25, 0.3) is 5.91 Å². The number of carbonyl (C=O) groups excluding carboxylic acids is 1. The smallest absolute Gasteiger partial charge is 0.253 e. The van der Waals surface area contributed by atoms with Crippen molar-refractivity contribution in [3.05, 3.63) is 29.3 Å². The molecule has 1 amide bonds. The third-order valence-corrected chi connectivity index (χ3v) is 2.49. The van der Waals surface area contributed by atoms with E-state index in [1.165, 1.54) is 0 Å². The summed E-state index contributed by atoms with van der Waals surface area (Å²) in [6.45, 7) is 5.81. The normalized spacial score (nSPS) is 10.2. The summed E-state index contributed by atoms with van der Waals surface area (Å²) < 4.78 is 5.19. The van der Waals surface area contributed by atoms with Gasteiger partial charge in [0.1, 0.15) is 0 Å². The van der Waals surface area contributed by atoms with E-state index in [1.807, 2.05) is 26.0 Å². The molecule has 1 rings (SSSR count). The van der Waals surface area contributed by atoms with E-state index in [4.69, 9.17) is 10.5 Å². The lowest BCUT2D eigenvalue weighted by atomic mass is 10.1. The Kier molecular flexibility index (Phi) is 5.49. The van der Waals surface area contributed by atoms with Gasteiger partial charge in [-0.05, 0) is 31.9 Å². The number of nitrogens with one attached hydrogen (secondary N) is 1. The van der Waals surface area contributed by atoms with Crippen LogP contribution in [0.15, 0.2) is 18.2 Å². The van der Waals surface area contributed by atoms with Crippen LogP contribution in [0.2, 0.25) is 0 Å². The topological polar surface area (TPSA) is 64.3 Å². The van der Waals surface area contributed by atoms with Gasteiger partial charge >= 0.3 is 0 Å². The fourth-order valence-corrected chi connectivity index (χ4v) is 1.61. The van der Waals surface area contributed by atoms with E-state index < -0.39 is 0 Å². The first kappa shape index (κ1) is 13.5. The molecule has 0 fully saturated rings. The molecule has 0 unspecified atom stereocenters. The molecule has 0 bridgehead atoms. The summed E-state index contributed by atoms with van der Waals surface area (Å²) in [5.41, 5.74) is 7.78. The number of amides is 1. The van der Waals surface area contributed by atoms with Crippen LogP contribution in [-0.4, -0.2) is 25.7 Å². The van der Waals surface area contributed by atoms with E-state index in [9.17, 15) is 4.79 Å². The van der Waals surface area contributed by atoms with Crippen LogP contribution >= 0.6 is 0 Å². The van der Waals surface area contributed by atoms with Gasteiger partial charge in [-0.25, -0.2) is 0 Å². The third kappa shape index (κ3) is 4.07. The Morgan fingerprint density at radius 2 is 2.24 bits per heavy atom. The number of carbonyl (C=O) groups is 1. The highest BCUT2D eigenvalue weighted by Crippen LogP contribution is 2.15. The van der Waals surface area contributed by atoms with Crippen molar-refractivity contribution in [1.29, 1.82) is 0 Å². The summed E-state index contributed by atoms with van der Waals surface area (Å²) in [6, 6.07) is 5.46. The monoisotopic (exact) mass is 236 g/mol. The molecule has 3 N–H and O–H groups in total. The van der Waals surface area contributed by atoms with Crippen LogP contribution in [0.3, 0.4) is 0 Å². The van der Waals surface area contributed by atoms with Gasteiger partial charge in [-0.1, -0.05) is 12.1 Å². The highest BCUT2D eigenvalue weighted by atomic mass is 16.5. The van der Waals surface area contributed by atoms with E-state index in [2.05, 4.69) is 5.32 Å². The molecule has 0 aliphatic carbocycles. The van der Waals surface area contributed by atoms with Crippen LogP contribution in [0.4, 0.5) is 5.69 Å². The fourth-order valence-electron chi connectivity index (χ4n) is 1.61. The summed E-state index contributed by atoms with van der Waals surface area (Å²) in [6.07, 6.45) is 0.811. The van der Waals surface area contributed by atoms with Gasteiger partial charge in [0.05, 0.1) is 5.56 Å². The zero-order valence-electron chi connectivity index (χ0n) is 10.5. The van der Waals surface area contributed by atoms with Gasteiger partial charge in [0.2, 0.25) is 0 Å². The summed E-state index contributed by atoms with van der Waals surface area (Å²) in [5, 5.41) is 2.84. The Morgan fingerprint density at radius 1 is 1.47 bits per heavy atom. The van der Waals surface area contributed by atoms with Gasteiger partial charge in [0.15, 0.2) is 0 Å². The molecular formula is C13H20N2O2. The largest absolute Gasteiger partial charge is 0.398 e. The first-order chi connectivity index (χ1) is 8.16. The zero-order chi connectivity index (χ0) is 12.7.